The zero-order valence-corrected chi connectivity index (χ0v) is 17.0. The number of hydrogen-bond donors (Lipinski definition) is 1. The molecule has 9 heteroatoms. The van der Waals surface area contributed by atoms with Crippen LogP contribution in [0.4, 0.5) is 4.39 Å². The van der Waals surface area contributed by atoms with Gasteiger partial charge in [-0.15, -0.1) is 12.4 Å². The molecule has 1 aliphatic rings. The summed E-state index contributed by atoms with van der Waals surface area (Å²) in [5.74, 6) is -1.21. The van der Waals surface area contributed by atoms with Gasteiger partial charge in [0.1, 0.15) is 5.82 Å². The Bertz CT molecular complexity index is 750. The summed E-state index contributed by atoms with van der Waals surface area (Å²) in [6.45, 7) is 5.46. The van der Waals surface area contributed by atoms with E-state index >= 15 is 0 Å². The van der Waals surface area contributed by atoms with Gasteiger partial charge in [0.25, 0.3) is 5.91 Å². The lowest BCUT2D eigenvalue weighted by Crippen LogP contribution is -2.39. The second-order valence-electron chi connectivity index (χ2n) is 7.27. The van der Waals surface area contributed by atoms with Crippen LogP contribution in [0.25, 0.3) is 0 Å². The Kier molecular flexibility index (Phi) is 7.59. The molecule has 0 atom stereocenters. The molecule has 0 aromatic heterocycles. The van der Waals surface area contributed by atoms with Gasteiger partial charge in [0.05, 0.1) is 10.5 Å². The lowest BCUT2D eigenvalue weighted by atomic mass is 9.94. The van der Waals surface area contributed by atoms with Crippen molar-refractivity contribution in [1.82, 2.24) is 9.21 Å². The molecule has 0 saturated carbocycles. The van der Waals surface area contributed by atoms with Gasteiger partial charge in [-0.2, -0.15) is 0 Å². The third-order valence-corrected chi connectivity index (χ3v) is 6.28. The van der Waals surface area contributed by atoms with Gasteiger partial charge in [0.2, 0.25) is 10.0 Å². The summed E-state index contributed by atoms with van der Waals surface area (Å²) in [5.41, 5.74) is 5.16. The van der Waals surface area contributed by atoms with Crippen LogP contribution in [0.2, 0.25) is 0 Å². The fourth-order valence-electron chi connectivity index (χ4n) is 2.85. The first-order valence-corrected chi connectivity index (χ1v) is 9.78. The average Bonchev–Trinajstić information content (AvgIpc) is 3.08. The lowest BCUT2D eigenvalue weighted by molar-refractivity contribution is 0.0788. The molecule has 0 spiro atoms. The summed E-state index contributed by atoms with van der Waals surface area (Å²) in [7, 11) is -2.41. The molecule has 2 N–H and O–H groups in total. The minimum absolute atomic E-state index is 0. The van der Waals surface area contributed by atoms with Crippen LogP contribution < -0.4 is 5.73 Å². The summed E-state index contributed by atoms with van der Waals surface area (Å²) in [6, 6.07) is 3.46. The number of likely N-dealkylation sites (tertiary alicyclic amines) is 1. The first-order chi connectivity index (χ1) is 11.6. The number of benzene rings is 1. The summed E-state index contributed by atoms with van der Waals surface area (Å²) in [5, 5.41) is 0. The Morgan fingerprint density at radius 2 is 1.88 bits per heavy atom. The Morgan fingerprint density at radius 3 is 2.38 bits per heavy atom. The number of nitrogens with zero attached hydrogens (tertiary/aromatic N) is 2. The van der Waals surface area contributed by atoms with E-state index in [9.17, 15) is 17.6 Å². The number of hydrogen-bond acceptors (Lipinski definition) is 4. The van der Waals surface area contributed by atoms with Crippen molar-refractivity contribution in [3.8, 4) is 0 Å². The highest BCUT2D eigenvalue weighted by Gasteiger charge is 2.29. The zero-order chi connectivity index (χ0) is 18.8. The second-order valence-corrected chi connectivity index (χ2v) is 9.32. The number of halogens is 2. The molecule has 1 aliphatic heterocycles. The van der Waals surface area contributed by atoms with E-state index in [1.165, 1.54) is 19.2 Å². The van der Waals surface area contributed by atoms with Crippen molar-refractivity contribution in [2.75, 3.05) is 33.2 Å². The molecule has 6 nitrogen and oxygen atoms in total. The summed E-state index contributed by atoms with van der Waals surface area (Å²) >= 11 is 0. The Hall–Kier alpha value is -1.22. The molecule has 0 bridgehead atoms. The van der Waals surface area contributed by atoms with Gasteiger partial charge in [0, 0.05) is 26.7 Å². The van der Waals surface area contributed by atoms with Crippen LogP contribution >= 0.6 is 12.4 Å². The highest BCUT2D eigenvalue weighted by Crippen LogP contribution is 2.23. The van der Waals surface area contributed by atoms with Gasteiger partial charge >= 0.3 is 0 Å². The van der Waals surface area contributed by atoms with E-state index in [1.807, 2.05) is 13.8 Å². The number of carbonyl (C=O) groups excluding carboxylic acids is 1. The molecule has 1 amide bonds. The maximum Gasteiger partial charge on any atom is 0.256 e. The molecule has 1 aromatic rings. The third-order valence-electron chi connectivity index (χ3n) is 4.48. The number of rotatable bonds is 6. The van der Waals surface area contributed by atoms with Crippen molar-refractivity contribution >= 4 is 28.3 Å². The predicted molar refractivity (Wildman–Crippen MR) is 101 cm³/mol. The van der Waals surface area contributed by atoms with E-state index in [2.05, 4.69) is 0 Å². The molecule has 1 saturated heterocycles. The van der Waals surface area contributed by atoms with Crippen molar-refractivity contribution in [2.24, 2.45) is 11.1 Å². The molecule has 1 aromatic carbocycles. The van der Waals surface area contributed by atoms with E-state index in [0.29, 0.717) is 19.6 Å². The first-order valence-electron chi connectivity index (χ1n) is 8.34. The highest BCUT2D eigenvalue weighted by molar-refractivity contribution is 7.89. The topological polar surface area (TPSA) is 83.7 Å². The molecule has 2 rings (SSSR count). The van der Waals surface area contributed by atoms with Crippen LogP contribution in [0.1, 0.15) is 37.0 Å². The van der Waals surface area contributed by atoms with Gasteiger partial charge < -0.3 is 10.6 Å². The summed E-state index contributed by atoms with van der Waals surface area (Å²) in [4.78, 5) is 13.7. The molecule has 1 fully saturated rings. The molecular formula is C17H27ClFN3O3S. The standard InChI is InChI=1S/C17H26FN3O3S.ClH/c1-17(2,11-19)12-20(3)25(23,24)13-6-7-14(15(18)10-13)16(22)21-8-4-5-9-21;/h6-7,10H,4-5,8-9,11-12,19H2,1-3H3;1H. The summed E-state index contributed by atoms with van der Waals surface area (Å²) < 4.78 is 40.8. The number of sulfonamides is 1. The maximum absolute atomic E-state index is 14.4. The molecule has 148 valence electrons. The van der Waals surface area contributed by atoms with Crippen LogP contribution in [0.3, 0.4) is 0 Å². The van der Waals surface area contributed by atoms with E-state index in [0.717, 1.165) is 23.2 Å². The van der Waals surface area contributed by atoms with Crippen molar-refractivity contribution in [1.29, 1.82) is 0 Å². The first kappa shape index (κ1) is 22.8. The van der Waals surface area contributed by atoms with Crippen molar-refractivity contribution < 1.29 is 17.6 Å². The Balaban J connectivity index is 0.00000338. The van der Waals surface area contributed by atoms with E-state index in [4.69, 9.17) is 5.73 Å². The molecule has 26 heavy (non-hydrogen) atoms. The molecular weight excluding hydrogens is 381 g/mol. The van der Waals surface area contributed by atoms with Crippen LogP contribution in [0.15, 0.2) is 23.1 Å². The van der Waals surface area contributed by atoms with E-state index in [-0.39, 0.29) is 29.4 Å². The number of carbonyl (C=O) groups is 1. The number of amides is 1. The quantitative estimate of drug-likeness (QED) is 0.782. The molecule has 1 heterocycles. The van der Waals surface area contributed by atoms with Crippen LogP contribution in [-0.4, -0.2) is 56.8 Å². The van der Waals surface area contributed by atoms with Crippen molar-refractivity contribution in [3.63, 3.8) is 0 Å². The van der Waals surface area contributed by atoms with Gasteiger partial charge in [0.15, 0.2) is 0 Å². The predicted octanol–water partition coefficient (Wildman–Crippen LogP) is 2.09. The normalized spacial score (nSPS) is 15.2. The fraction of sp³-hybridized carbons (Fsp3) is 0.588. The van der Waals surface area contributed by atoms with Crippen LogP contribution in [0, 0.1) is 11.2 Å². The van der Waals surface area contributed by atoms with E-state index in [1.54, 1.807) is 4.90 Å². The maximum atomic E-state index is 14.4. The van der Waals surface area contributed by atoms with Crippen molar-refractivity contribution in [3.05, 3.63) is 29.6 Å². The second kappa shape index (κ2) is 8.65. The SMILES string of the molecule is CN(CC(C)(C)CN)S(=O)(=O)c1ccc(C(=O)N2CCCC2)c(F)c1.Cl. The minimum atomic E-state index is -3.85. The summed E-state index contributed by atoms with van der Waals surface area (Å²) in [6.07, 6.45) is 1.81. The monoisotopic (exact) mass is 407 g/mol. The average molecular weight is 408 g/mol. The third kappa shape index (κ3) is 4.94. The Labute approximate surface area is 161 Å². The van der Waals surface area contributed by atoms with Gasteiger partial charge in [-0.3, -0.25) is 4.79 Å². The van der Waals surface area contributed by atoms with Gasteiger partial charge in [-0.1, -0.05) is 13.8 Å². The van der Waals surface area contributed by atoms with E-state index < -0.39 is 27.2 Å². The van der Waals surface area contributed by atoms with Gasteiger partial charge in [-0.05, 0) is 43.0 Å². The highest BCUT2D eigenvalue weighted by atomic mass is 35.5. The zero-order valence-electron chi connectivity index (χ0n) is 15.4. The number of nitrogens with two attached hydrogens (primary N) is 1. The molecule has 0 aliphatic carbocycles. The van der Waals surface area contributed by atoms with Crippen molar-refractivity contribution in [2.45, 2.75) is 31.6 Å². The molecule has 0 radical (unpaired) electrons. The van der Waals surface area contributed by atoms with Crippen LogP contribution in [0.5, 0.6) is 0 Å². The van der Waals surface area contributed by atoms with Crippen LogP contribution in [-0.2, 0) is 10.0 Å². The smallest absolute Gasteiger partial charge is 0.256 e. The fourth-order valence-corrected chi connectivity index (χ4v) is 4.22. The Morgan fingerprint density at radius 1 is 1.31 bits per heavy atom. The minimum Gasteiger partial charge on any atom is -0.339 e. The van der Waals surface area contributed by atoms with Gasteiger partial charge in [-0.25, -0.2) is 17.1 Å². The molecule has 0 unspecified atom stereocenters. The lowest BCUT2D eigenvalue weighted by Gasteiger charge is -2.28. The largest absolute Gasteiger partial charge is 0.339 e.